The number of hydrogen-bond donors (Lipinski definition) is 3. The number of hydrogen-bond acceptors (Lipinski definition) is 5. The molecule has 0 rings (SSSR count). The van der Waals surface area contributed by atoms with Gasteiger partial charge in [-0.3, -0.25) is 9.59 Å². The minimum absolute atomic E-state index is 0.0333. The van der Waals surface area contributed by atoms with Gasteiger partial charge in [0.1, 0.15) is 0 Å². The molecular formula is C51H93NO5. The van der Waals surface area contributed by atoms with Crippen molar-refractivity contribution in [3.8, 4) is 0 Å². The van der Waals surface area contributed by atoms with E-state index in [2.05, 4.69) is 61.7 Å². The highest BCUT2D eigenvalue weighted by Gasteiger charge is 2.19. The number of unbranched alkanes of at least 4 members (excludes halogenated alkanes) is 25. The molecule has 332 valence electrons. The zero-order chi connectivity index (χ0) is 41.5. The normalized spacial score (nSPS) is 13.1. The minimum atomic E-state index is -0.699. The molecule has 0 saturated heterocycles. The molecule has 1 amide bonds. The molecule has 0 aliphatic heterocycles. The van der Waals surface area contributed by atoms with Gasteiger partial charge in [-0.05, 0) is 70.6 Å². The Kier molecular flexibility index (Phi) is 44.7. The average molecular weight is 800 g/mol. The van der Waals surface area contributed by atoms with Crippen molar-refractivity contribution in [3.05, 3.63) is 48.6 Å². The number of esters is 1. The Morgan fingerprint density at radius 1 is 0.491 bits per heavy atom. The first-order valence-corrected chi connectivity index (χ1v) is 24.4. The van der Waals surface area contributed by atoms with Crippen LogP contribution in [0, 0.1) is 0 Å². The van der Waals surface area contributed by atoms with Gasteiger partial charge in [0.2, 0.25) is 5.91 Å². The van der Waals surface area contributed by atoms with Crippen LogP contribution >= 0.6 is 0 Å². The predicted octanol–water partition coefficient (Wildman–Crippen LogP) is 14.3. The van der Waals surface area contributed by atoms with Crippen molar-refractivity contribution in [2.45, 2.75) is 251 Å². The van der Waals surface area contributed by atoms with Crippen LogP contribution in [-0.4, -0.2) is 47.4 Å². The van der Waals surface area contributed by atoms with Crippen LogP contribution in [0.25, 0.3) is 0 Å². The van der Waals surface area contributed by atoms with E-state index >= 15 is 0 Å². The molecule has 2 atom stereocenters. The molecule has 0 fully saturated rings. The number of ether oxygens (including phenoxy) is 1. The Balaban J connectivity index is 3.58. The molecule has 6 heteroatoms. The summed E-state index contributed by atoms with van der Waals surface area (Å²) in [6.07, 6.45) is 56.5. The third-order valence-corrected chi connectivity index (χ3v) is 10.8. The van der Waals surface area contributed by atoms with E-state index in [9.17, 15) is 19.8 Å². The fourth-order valence-electron chi connectivity index (χ4n) is 7.08. The molecule has 0 aromatic carbocycles. The summed E-state index contributed by atoms with van der Waals surface area (Å²) >= 11 is 0. The van der Waals surface area contributed by atoms with Crippen LogP contribution in [0.4, 0.5) is 0 Å². The lowest BCUT2D eigenvalue weighted by Crippen LogP contribution is -2.45. The van der Waals surface area contributed by atoms with Gasteiger partial charge < -0.3 is 20.3 Å². The van der Waals surface area contributed by atoms with E-state index in [1.54, 1.807) is 0 Å². The van der Waals surface area contributed by atoms with Crippen molar-refractivity contribution in [2.75, 3.05) is 13.2 Å². The molecule has 3 N–H and O–H groups in total. The van der Waals surface area contributed by atoms with Gasteiger partial charge in [-0.2, -0.15) is 0 Å². The number of nitrogens with one attached hydrogen (secondary N) is 1. The number of allylic oxidation sites excluding steroid dienone is 8. The van der Waals surface area contributed by atoms with Gasteiger partial charge in [0.15, 0.2) is 0 Å². The molecule has 0 bridgehead atoms. The third kappa shape index (κ3) is 43.2. The molecule has 0 aliphatic carbocycles. The maximum absolute atomic E-state index is 12.4. The second kappa shape index (κ2) is 46.5. The Morgan fingerprint density at radius 3 is 1.44 bits per heavy atom. The van der Waals surface area contributed by atoms with E-state index in [0.29, 0.717) is 32.3 Å². The quantitative estimate of drug-likeness (QED) is 0.0324. The van der Waals surface area contributed by atoms with Gasteiger partial charge >= 0.3 is 5.97 Å². The van der Waals surface area contributed by atoms with Crippen molar-refractivity contribution in [3.63, 3.8) is 0 Å². The van der Waals surface area contributed by atoms with Crippen LogP contribution in [0.15, 0.2) is 48.6 Å². The fourth-order valence-corrected chi connectivity index (χ4v) is 7.08. The van der Waals surface area contributed by atoms with Gasteiger partial charge in [-0.25, -0.2) is 0 Å². The topological polar surface area (TPSA) is 95.9 Å². The van der Waals surface area contributed by atoms with Crippen molar-refractivity contribution >= 4 is 11.9 Å². The second-order valence-electron chi connectivity index (χ2n) is 16.4. The average Bonchev–Trinajstić information content (AvgIpc) is 3.21. The summed E-state index contributed by atoms with van der Waals surface area (Å²) in [4.78, 5) is 24.4. The van der Waals surface area contributed by atoms with Gasteiger partial charge in [0, 0.05) is 12.8 Å². The van der Waals surface area contributed by atoms with Crippen molar-refractivity contribution in [2.24, 2.45) is 0 Å². The molecule has 0 radical (unpaired) electrons. The fraction of sp³-hybridized carbons (Fsp3) is 0.804. The molecule has 6 nitrogen and oxygen atoms in total. The van der Waals surface area contributed by atoms with Crippen molar-refractivity contribution in [1.82, 2.24) is 5.32 Å². The zero-order valence-electron chi connectivity index (χ0n) is 37.6. The van der Waals surface area contributed by atoms with E-state index in [0.717, 1.165) is 64.2 Å². The first kappa shape index (κ1) is 54.8. The molecule has 0 heterocycles. The molecule has 0 aromatic heterocycles. The monoisotopic (exact) mass is 800 g/mol. The Bertz CT molecular complexity index is 973. The first-order chi connectivity index (χ1) is 28.0. The van der Waals surface area contributed by atoms with Crippen LogP contribution in [0.2, 0.25) is 0 Å². The molecule has 0 aromatic rings. The number of carbonyl (C=O) groups is 2. The summed E-state index contributed by atoms with van der Waals surface area (Å²) in [5.41, 5.74) is 0. The number of carbonyl (C=O) groups excluding carboxylic acids is 2. The van der Waals surface area contributed by atoms with Crippen LogP contribution in [0.3, 0.4) is 0 Å². The zero-order valence-corrected chi connectivity index (χ0v) is 37.6. The van der Waals surface area contributed by atoms with Gasteiger partial charge in [0.25, 0.3) is 0 Å². The lowest BCUT2D eigenvalue weighted by Gasteiger charge is -2.22. The SMILES string of the molecule is CCC/C=C\C/C=C\CCCCCCCC(=O)OCCCCCCCC/C=C\C/C=C\CCC(=O)NC(CO)C(O)CCCCCCCCCCCCCCCC. The van der Waals surface area contributed by atoms with E-state index in [1.807, 2.05) is 6.08 Å². The highest BCUT2D eigenvalue weighted by Crippen LogP contribution is 2.15. The van der Waals surface area contributed by atoms with E-state index < -0.39 is 12.1 Å². The van der Waals surface area contributed by atoms with E-state index in [1.165, 1.54) is 135 Å². The predicted molar refractivity (Wildman–Crippen MR) is 245 cm³/mol. The van der Waals surface area contributed by atoms with Crippen LogP contribution in [0.1, 0.15) is 239 Å². The molecule has 0 spiro atoms. The van der Waals surface area contributed by atoms with Gasteiger partial charge in [-0.15, -0.1) is 0 Å². The number of rotatable bonds is 44. The largest absolute Gasteiger partial charge is 0.466 e. The Morgan fingerprint density at radius 2 is 0.930 bits per heavy atom. The summed E-state index contributed by atoms with van der Waals surface area (Å²) in [5.74, 6) is -0.151. The molecule has 0 saturated carbocycles. The number of amides is 1. The summed E-state index contributed by atoms with van der Waals surface area (Å²) in [5, 5.41) is 23.1. The van der Waals surface area contributed by atoms with Crippen molar-refractivity contribution < 1.29 is 24.5 Å². The molecule has 57 heavy (non-hydrogen) atoms. The Labute approximate surface area is 353 Å². The van der Waals surface area contributed by atoms with Crippen LogP contribution in [-0.2, 0) is 14.3 Å². The summed E-state index contributed by atoms with van der Waals surface area (Å²) in [7, 11) is 0. The molecule has 0 aliphatic rings. The standard InChI is InChI=1S/C51H93NO5/c1-3-5-7-9-11-13-15-17-20-23-27-31-35-39-43-49(54)48(47-53)52-50(55)44-40-36-32-28-24-21-18-22-26-30-34-38-42-46-57-51(56)45-41-37-33-29-25-19-16-14-12-10-8-6-4-2/h8,10,14,16,21,24,32,36,48-49,53-54H,3-7,9,11-13,15,17-20,22-23,25-31,33-35,37-47H2,1-2H3,(H,52,55)/b10-8-,16-14-,24-21-,36-32-. The Hall–Kier alpha value is -2.18. The highest BCUT2D eigenvalue weighted by atomic mass is 16.5. The molecular weight excluding hydrogens is 707 g/mol. The highest BCUT2D eigenvalue weighted by molar-refractivity contribution is 5.76. The maximum Gasteiger partial charge on any atom is 0.305 e. The van der Waals surface area contributed by atoms with Gasteiger partial charge in [-0.1, -0.05) is 204 Å². The van der Waals surface area contributed by atoms with Crippen LogP contribution in [0.5, 0.6) is 0 Å². The third-order valence-electron chi connectivity index (χ3n) is 10.8. The molecule has 2 unspecified atom stereocenters. The lowest BCUT2D eigenvalue weighted by atomic mass is 10.0. The summed E-state index contributed by atoms with van der Waals surface area (Å²) in [6.45, 7) is 4.80. The first-order valence-electron chi connectivity index (χ1n) is 24.4. The number of aliphatic hydroxyl groups excluding tert-OH is 2. The van der Waals surface area contributed by atoms with E-state index in [-0.39, 0.29) is 18.5 Å². The summed E-state index contributed by atoms with van der Waals surface area (Å²) < 4.78 is 5.43. The summed E-state index contributed by atoms with van der Waals surface area (Å²) in [6, 6.07) is -0.586. The van der Waals surface area contributed by atoms with E-state index in [4.69, 9.17) is 4.74 Å². The second-order valence-corrected chi connectivity index (χ2v) is 16.4. The maximum atomic E-state index is 12.4. The van der Waals surface area contributed by atoms with Gasteiger partial charge in [0.05, 0.1) is 25.4 Å². The van der Waals surface area contributed by atoms with Crippen LogP contribution < -0.4 is 5.32 Å². The lowest BCUT2D eigenvalue weighted by molar-refractivity contribution is -0.143. The minimum Gasteiger partial charge on any atom is -0.466 e. The smallest absolute Gasteiger partial charge is 0.305 e. The number of aliphatic hydroxyl groups is 2. The van der Waals surface area contributed by atoms with Crippen molar-refractivity contribution in [1.29, 1.82) is 0 Å².